The average Bonchev–Trinajstić information content (AvgIpc) is 2.96. The molecule has 0 saturated carbocycles. The summed E-state index contributed by atoms with van der Waals surface area (Å²) in [5.41, 5.74) is 3.89. The Bertz CT molecular complexity index is 1840. The first-order chi connectivity index (χ1) is 19.9. The molecule has 0 aliphatic heterocycles. The fourth-order valence-corrected chi connectivity index (χ4v) is 6.97. The highest BCUT2D eigenvalue weighted by Crippen LogP contribution is 2.31. The van der Waals surface area contributed by atoms with Crippen molar-refractivity contribution in [3.05, 3.63) is 131 Å². The SMILES string of the molecule is Cc1ccc(S(=O)(=O)c2ccc(Oc3cccc(Oc4ccc(S(=O)(=O)c5ccc(C)c(C)c5)cc4)c3)cc2)cc1C. The van der Waals surface area contributed by atoms with Gasteiger partial charge in [-0.25, -0.2) is 16.8 Å². The molecule has 0 N–H and O–H groups in total. The summed E-state index contributed by atoms with van der Waals surface area (Å²) in [6.07, 6.45) is 0. The van der Waals surface area contributed by atoms with Crippen LogP contribution in [0.1, 0.15) is 22.3 Å². The molecule has 0 aromatic heterocycles. The molecule has 0 spiro atoms. The molecule has 0 aliphatic carbocycles. The van der Waals surface area contributed by atoms with Crippen LogP contribution in [0.25, 0.3) is 0 Å². The summed E-state index contributed by atoms with van der Waals surface area (Å²) < 4.78 is 64.2. The number of sulfone groups is 2. The molecule has 0 bridgehead atoms. The summed E-state index contributed by atoms with van der Waals surface area (Å²) >= 11 is 0. The minimum atomic E-state index is -3.65. The maximum atomic E-state index is 13.1. The van der Waals surface area contributed by atoms with Gasteiger partial charge in [0, 0.05) is 6.07 Å². The standard InChI is InChI=1S/C34H30O6S2/c1-23-8-14-33(20-25(23)3)41(35,36)31-16-10-27(11-17-31)39-29-6-5-7-30(22-29)40-28-12-18-32(19-13-28)42(37,38)34-15-9-24(2)26(4)21-34/h5-22H,1-4H3. The zero-order valence-electron chi connectivity index (χ0n) is 23.7. The van der Waals surface area contributed by atoms with Gasteiger partial charge in [-0.05, 0) is 135 Å². The van der Waals surface area contributed by atoms with Gasteiger partial charge in [-0.15, -0.1) is 0 Å². The summed E-state index contributed by atoms with van der Waals surface area (Å²) in [5.74, 6) is 1.91. The third-order valence-corrected chi connectivity index (χ3v) is 10.7. The fraction of sp³-hybridized carbons (Fsp3) is 0.118. The fourth-order valence-electron chi connectivity index (χ4n) is 4.28. The summed E-state index contributed by atoms with van der Waals surface area (Å²) in [4.78, 5) is 0.858. The molecule has 5 aromatic carbocycles. The van der Waals surface area contributed by atoms with Gasteiger partial charge >= 0.3 is 0 Å². The van der Waals surface area contributed by atoms with E-state index in [0.29, 0.717) is 23.0 Å². The number of ether oxygens (including phenoxy) is 2. The van der Waals surface area contributed by atoms with Crippen LogP contribution in [0, 0.1) is 27.7 Å². The monoisotopic (exact) mass is 598 g/mol. The van der Waals surface area contributed by atoms with Crippen LogP contribution < -0.4 is 9.47 Å². The van der Waals surface area contributed by atoms with Gasteiger partial charge in [-0.2, -0.15) is 0 Å². The number of hydrogen-bond acceptors (Lipinski definition) is 6. The molecular formula is C34H30O6S2. The van der Waals surface area contributed by atoms with Crippen LogP contribution in [0.3, 0.4) is 0 Å². The minimum Gasteiger partial charge on any atom is -0.457 e. The van der Waals surface area contributed by atoms with Crippen LogP contribution in [0.5, 0.6) is 23.0 Å². The molecule has 5 rings (SSSR count). The van der Waals surface area contributed by atoms with Gasteiger partial charge in [-0.3, -0.25) is 0 Å². The Morgan fingerprint density at radius 3 is 1.10 bits per heavy atom. The highest BCUT2D eigenvalue weighted by Gasteiger charge is 2.19. The second-order valence-corrected chi connectivity index (χ2v) is 14.0. The van der Waals surface area contributed by atoms with E-state index in [1.54, 1.807) is 84.9 Å². The third-order valence-electron chi connectivity index (χ3n) is 7.12. The van der Waals surface area contributed by atoms with Crippen molar-refractivity contribution in [3.63, 3.8) is 0 Å². The predicted octanol–water partition coefficient (Wildman–Crippen LogP) is 8.17. The molecule has 0 radical (unpaired) electrons. The Kier molecular flexibility index (Phi) is 7.95. The summed E-state index contributed by atoms with van der Waals surface area (Å²) in [5, 5.41) is 0. The second kappa shape index (κ2) is 11.5. The van der Waals surface area contributed by atoms with Gasteiger partial charge in [0.2, 0.25) is 19.7 Å². The van der Waals surface area contributed by atoms with Crippen LogP contribution in [0.15, 0.2) is 129 Å². The molecule has 42 heavy (non-hydrogen) atoms. The van der Waals surface area contributed by atoms with Gasteiger partial charge < -0.3 is 9.47 Å². The van der Waals surface area contributed by atoms with Gasteiger partial charge in [0.25, 0.3) is 0 Å². The molecule has 0 unspecified atom stereocenters. The largest absolute Gasteiger partial charge is 0.457 e. The highest BCUT2D eigenvalue weighted by molar-refractivity contribution is 7.91. The normalized spacial score (nSPS) is 11.7. The quantitative estimate of drug-likeness (QED) is 0.179. The maximum Gasteiger partial charge on any atom is 0.206 e. The molecule has 0 amide bonds. The van der Waals surface area contributed by atoms with E-state index in [1.807, 2.05) is 27.7 Å². The van der Waals surface area contributed by atoms with E-state index in [2.05, 4.69) is 0 Å². The van der Waals surface area contributed by atoms with Crippen molar-refractivity contribution in [1.29, 1.82) is 0 Å². The van der Waals surface area contributed by atoms with Crippen molar-refractivity contribution in [1.82, 2.24) is 0 Å². The molecule has 0 aliphatic rings. The van der Waals surface area contributed by atoms with Crippen molar-refractivity contribution in [3.8, 4) is 23.0 Å². The minimum absolute atomic E-state index is 0.179. The summed E-state index contributed by atoms with van der Waals surface area (Å²) in [6.45, 7) is 7.65. The smallest absolute Gasteiger partial charge is 0.206 e. The van der Waals surface area contributed by atoms with E-state index in [0.717, 1.165) is 22.3 Å². The zero-order chi connectivity index (χ0) is 30.1. The lowest BCUT2D eigenvalue weighted by atomic mass is 10.1. The average molecular weight is 599 g/mol. The van der Waals surface area contributed by atoms with Crippen LogP contribution >= 0.6 is 0 Å². The second-order valence-electron chi connectivity index (χ2n) is 10.1. The Labute approximate surface area is 247 Å². The topological polar surface area (TPSA) is 86.7 Å². The molecule has 5 aromatic rings. The van der Waals surface area contributed by atoms with Crippen molar-refractivity contribution in [2.45, 2.75) is 47.3 Å². The van der Waals surface area contributed by atoms with Crippen molar-refractivity contribution in [2.75, 3.05) is 0 Å². The Balaban J connectivity index is 1.28. The lowest BCUT2D eigenvalue weighted by Crippen LogP contribution is -2.02. The predicted molar refractivity (Wildman–Crippen MR) is 162 cm³/mol. The lowest BCUT2D eigenvalue weighted by molar-refractivity contribution is 0.460. The van der Waals surface area contributed by atoms with Crippen molar-refractivity contribution < 1.29 is 26.3 Å². The van der Waals surface area contributed by atoms with E-state index in [4.69, 9.17) is 9.47 Å². The molecule has 6 nitrogen and oxygen atoms in total. The Morgan fingerprint density at radius 2 is 0.738 bits per heavy atom. The molecule has 0 heterocycles. The first-order valence-corrected chi connectivity index (χ1v) is 16.2. The van der Waals surface area contributed by atoms with Gasteiger partial charge in [0.15, 0.2) is 0 Å². The molecular weight excluding hydrogens is 569 g/mol. The highest BCUT2D eigenvalue weighted by atomic mass is 32.2. The summed E-state index contributed by atoms with van der Waals surface area (Å²) in [6, 6.07) is 29.7. The van der Waals surface area contributed by atoms with Crippen LogP contribution in [-0.4, -0.2) is 16.8 Å². The first-order valence-electron chi connectivity index (χ1n) is 13.2. The number of rotatable bonds is 8. The molecule has 0 fully saturated rings. The van der Waals surface area contributed by atoms with Gasteiger partial charge in [0.05, 0.1) is 19.6 Å². The van der Waals surface area contributed by atoms with Gasteiger partial charge in [-0.1, -0.05) is 18.2 Å². The Hall–Kier alpha value is -4.40. The van der Waals surface area contributed by atoms with Crippen LogP contribution in [-0.2, 0) is 19.7 Å². The molecule has 214 valence electrons. The molecule has 8 heteroatoms. The van der Waals surface area contributed by atoms with E-state index >= 15 is 0 Å². The molecule has 0 atom stereocenters. The van der Waals surface area contributed by atoms with Crippen LogP contribution in [0.2, 0.25) is 0 Å². The third kappa shape index (κ3) is 6.10. The first kappa shape index (κ1) is 29.1. The summed E-state index contributed by atoms with van der Waals surface area (Å²) in [7, 11) is -7.31. The van der Waals surface area contributed by atoms with Crippen molar-refractivity contribution in [2.24, 2.45) is 0 Å². The van der Waals surface area contributed by atoms with Crippen molar-refractivity contribution >= 4 is 19.7 Å². The van der Waals surface area contributed by atoms with E-state index < -0.39 is 19.7 Å². The zero-order valence-corrected chi connectivity index (χ0v) is 25.3. The molecule has 0 saturated heterocycles. The number of hydrogen-bond donors (Lipinski definition) is 0. The Morgan fingerprint density at radius 1 is 0.381 bits per heavy atom. The number of benzene rings is 5. The van der Waals surface area contributed by atoms with Gasteiger partial charge in [0.1, 0.15) is 23.0 Å². The maximum absolute atomic E-state index is 13.1. The van der Waals surface area contributed by atoms with E-state index in [9.17, 15) is 16.8 Å². The lowest BCUT2D eigenvalue weighted by Gasteiger charge is -2.11. The van der Waals surface area contributed by atoms with Crippen LogP contribution in [0.4, 0.5) is 0 Å². The number of aryl methyl sites for hydroxylation is 4. The van der Waals surface area contributed by atoms with E-state index in [-0.39, 0.29) is 19.6 Å². The van der Waals surface area contributed by atoms with E-state index in [1.165, 1.54) is 24.3 Å².